The number of hydrogen-bond acceptors (Lipinski definition) is 7. The highest BCUT2D eigenvalue weighted by Gasteiger charge is 2.11. The fraction of sp³-hybridized carbons (Fsp3) is 0.500. The van der Waals surface area contributed by atoms with E-state index in [1.807, 2.05) is 18.2 Å². The van der Waals surface area contributed by atoms with Gasteiger partial charge in [-0.1, -0.05) is 91.4 Å². The number of carbonyl (C=O) groups excluding carboxylic acids is 1. The molecule has 1 N–H and O–H groups in total. The van der Waals surface area contributed by atoms with Crippen molar-refractivity contribution in [2.24, 2.45) is 4.99 Å². The summed E-state index contributed by atoms with van der Waals surface area (Å²) in [5, 5.41) is 10.6. The SMILES string of the molecule is CCCCCCCCCCCCOc1ccc(C(=O)Oc2ccc(C=Nc3ccc(OCCCC)c(OCCCC)c3)c(O)c2)cc1. The van der Waals surface area contributed by atoms with Crippen molar-refractivity contribution in [1.82, 2.24) is 0 Å². The van der Waals surface area contributed by atoms with Crippen molar-refractivity contribution >= 4 is 17.9 Å². The molecule has 3 aromatic carbocycles. The Balaban J connectivity index is 1.45. The summed E-state index contributed by atoms with van der Waals surface area (Å²) in [5.41, 5.74) is 1.57. The van der Waals surface area contributed by atoms with Crippen LogP contribution in [0.2, 0.25) is 0 Å². The smallest absolute Gasteiger partial charge is 0.343 e. The van der Waals surface area contributed by atoms with Crippen molar-refractivity contribution in [1.29, 1.82) is 0 Å². The molecule has 7 heteroatoms. The van der Waals surface area contributed by atoms with Gasteiger partial charge in [0.1, 0.15) is 17.2 Å². The van der Waals surface area contributed by atoms with Crippen LogP contribution in [-0.2, 0) is 0 Å². The van der Waals surface area contributed by atoms with E-state index in [0.29, 0.717) is 48.1 Å². The molecule has 0 amide bonds. The number of phenols is 1. The molecular formula is C40H55NO6. The first-order valence-electron chi connectivity index (χ1n) is 17.8. The van der Waals surface area contributed by atoms with Gasteiger partial charge in [0, 0.05) is 23.9 Å². The summed E-state index contributed by atoms with van der Waals surface area (Å²) in [6.45, 7) is 8.40. The summed E-state index contributed by atoms with van der Waals surface area (Å²) in [7, 11) is 0. The molecular weight excluding hydrogens is 590 g/mol. The number of benzene rings is 3. The first kappa shape index (κ1) is 37.5. The van der Waals surface area contributed by atoms with Crippen LogP contribution in [0, 0.1) is 0 Å². The first-order chi connectivity index (χ1) is 23.0. The Morgan fingerprint density at radius 3 is 1.83 bits per heavy atom. The molecule has 0 bridgehead atoms. The van der Waals surface area contributed by atoms with Crippen molar-refractivity contribution in [3.05, 3.63) is 71.8 Å². The van der Waals surface area contributed by atoms with Crippen molar-refractivity contribution in [2.45, 2.75) is 111 Å². The van der Waals surface area contributed by atoms with E-state index in [4.69, 9.17) is 18.9 Å². The van der Waals surface area contributed by atoms with E-state index in [0.717, 1.165) is 37.9 Å². The number of phenolic OH excluding ortho intramolecular Hbond substituents is 1. The summed E-state index contributed by atoms with van der Waals surface area (Å²) in [6.07, 6.45) is 18.4. The van der Waals surface area contributed by atoms with E-state index in [2.05, 4.69) is 25.8 Å². The molecule has 3 aromatic rings. The number of carbonyl (C=O) groups is 1. The maximum Gasteiger partial charge on any atom is 0.343 e. The molecule has 0 aliphatic heterocycles. The minimum absolute atomic E-state index is 0.0475. The van der Waals surface area contributed by atoms with Crippen LogP contribution in [0.1, 0.15) is 127 Å². The maximum absolute atomic E-state index is 12.7. The van der Waals surface area contributed by atoms with E-state index < -0.39 is 5.97 Å². The van der Waals surface area contributed by atoms with Gasteiger partial charge >= 0.3 is 5.97 Å². The van der Waals surface area contributed by atoms with Crippen LogP contribution in [-0.4, -0.2) is 37.1 Å². The fourth-order valence-corrected chi connectivity index (χ4v) is 4.93. The number of aliphatic imine (C=N–C) groups is 1. The number of esters is 1. The third-order valence-electron chi connectivity index (χ3n) is 7.86. The second-order valence-corrected chi connectivity index (χ2v) is 12.0. The molecule has 0 heterocycles. The van der Waals surface area contributed by atoms with Crippen LogP contribution in [0.15, 0.2) is 65.7 Å². The van der Waals surface area contributed by atoms with Crippen LogP contribution in [0.4, 0.5) is 5.69 Å². The maximum atomic E-state index is 12.7. The quantitative estimate of drug-likeness (QED) is 0.0451. The normalized spacial score (nSPS) is 11.1. The topological polar surface area (TPSA) is 86.6 Å². The van der Waals surface area contributed by atoms with E-state index in [1.165, 1.54) is 63.9 Å². The van der Waals surface area contributed by atoms with E-state index in [9.17, 15) is 9.90 Å². The largest absolute Gasteiger partial charge is 0.507 e. The number of hydrogen-bond donors (Lipinski definition) is 1. The summed E-state index contributed by atoms with van der Waals surface area (Å²) in [4.78, 5) is 17.3. The minimum atomic E-state index is -0.510. The average Bonchev–Trinajstić information content (AvgIpc) is 3.08. The number of ether oxygens (including phenoxy) is 4. The molecule has 47 heavy (non-hydrogen) atoms. The lowest BCUT2D eigenvalue weighted by molar-refractivity contribution is 0.0734. The number of unbranched alkanes of at least 4 members (excludes halogenated alkanes) is 11. The monoisotopic (exact) mass is 645 g/mol. The molecule has 0 radical (unpaired) electrons. The lowest BCUT2D eigenvalue weighted by Crippen LogP contribution is -2.08. The molecule has 0 spiro atoms. The van der Waals surface area contributed by atoms with Gasteiger partial charge in [-0.3, -0.25) is 4.99 Å². The first-order valence-corrected chi connectivity index (χ1v) is 17.8. The fourth-order valence-electron chi connectivity index (χ4n) is 4.93. The Hall–Kier alpha value is -4.00. The average molecular weight is 646 g/mol. The molecule has 3 rings (SSSR count). The Kier molecular flexibility index (Phi) is 17.9. The van der Waals surface area contributed by atoms with Crippen LogP contribution >= 0.6 is 0 Å². The van der Waals surface area contributed by atoms with Gasteiger partial charge in [0.05, 0.1) is 31.1 Å². The number of nitrogens with zero attached hydrogens (tertiary/aromatic N) is 1. The molecule has 256 valence electrons. The molecule has 0 saturated carbocycles. The van der Waals surface area contributed by atoms with Crippen LogP contribution in [0.5, 0.6) is 28.7 Å². The van der Waals surface area contributed by atoms with E-state index in [1.54, 1.807) is 42.6 Å². The molecule has 0 fully saturated rings. The van der Waals surface area contributed by atoms with E-state index in [-0.39, 0.29) is 11.5 Å². The van der Waals surface area contributed by atoms with Crippen molar-refractivity contribution in [3.8, 4) is 28.7 Å². The zero-order valence-electron chi connectivity index (χ0n) is 28.8. The van der Waals surface area contributed by atoms with Crippen LogP contribution < -0.4 is 18.9 Å². The highest BCUT2D eigenvalue weighted by atomic mass is 16.5. The highest BCUT2D eigenvalue weighted by Crippen LogP contribution is 2.33. The molecule has 0 saturated heterocycles. The lowest BCUT2D eigenvalue weighted by Gasteiger charge is -2.13. The predicted octanol–water partition coefficient (Wildman–Crippen LogP) is 11.0. The zero-order valence-corrected chi connectivity index (χ0v) is 28.8. The molecule has 0 aliphatic carbocycles. The lowest BCUT2D eigenvalue weighted by atomic mass is 10.1. The standard InChI is InChI=1S/C40H55NO6/c1-4-7-10-11-12-13-14-15-16-17-28-44-35-22-18-32(19-23-35)40(43)47-36-24-20-33(37(42)30-36)31-41-34-21-25-38(45-26-8-5-2)39(29-34)46-27-9-6-3/h18-25,29-31,42H,4-17,26-28H2,1-3H3. The van der Waals surface area contributed by atoms with Crippen LogP contribution in [0.3, 0.4) is 0 Å². The van der Waals surface area contributed by atoms with Gasteiger partial charge in [0.25, 0.3) is 0 Å². The summed E-state index contributed by atoms with van der Waals surface area (Å²) in [5.74, 6) is 1.78. The van der Waals surface area contributed by atoms with Crippen molar-refractivity contribution in [2.75, 3.05) is 19.8 Å². The van der Waals surface area contributed by atoms with E-state index >= 15 is 0 Å². The number of aromatic hydroxyl groups is 1. The third-order valence-corrected chi connectivity index (χ3v) is 7.86. The molecule has 0 unspecified atom stereocenters. The summed E-state index contributed by atoms with van der Waals surface area (Å²) in [6, 6.07) is 17.2. The van der Waals surface area contributed by atoms with Gasteiger partial charge in [-0.05, 0) is 67.8 Å². The molecule has 0 aliphatic rings. The van der Waals surface area contributed by atoms with Gasteiger partial charge in [-0.25, -0.2) is 4.79 Å². The summed E-state index contributed by atoms with van der Waals surface area (Å²) < 4.78 is 23.2. The van der Waals surface area contributed by atoms with Gasteiger partial charge < -0.3 is 24.1 Å². The van der Waals surface area contributed by atoms with Crippen molar-refractivity contribution in [3.63, 3.8) is 0 Å². The predicted molar refractivity (Wildman–Crippen MR) is 191 cm³/mol. The van der Waals surface area contributed by atoms with Gasteiger partial charge in [0.15, 0.2) is 11.5 Å². The Morgan fingerprint density at radius 1 is 0.617 bits per heavy atom. The van der Waals surface area contributed by atoms with Crippen molar-refractivity contribution < 1.29 is 28.8 Å². The minimum Gasteiger partial charge on any atom is -0.507 e. The molecule has 7 nitrogen and oxygen atoms in total. The van der Waals surface area contributed by atoms with Crippen LogP contribution in [0.25, 0.3) is 0 Å². The Labute approximate surface area is 282 Å². The third kappa shape index (κ3) is 14.5. The van der Waals surface area contributed by atoms with Gasteiger partial charge in [-0.15, -0.1) is 0 Å². The molecule has 0 aromatic heterocycles. The summed E-state index contributed by atoms with van der Waals surface area (Å²) >= 11 is 0. The van der Waals surface area contributed by atoms with Gasteiger partial charge in [-0.2, -0.15) is 0 Å². The zero-order chi connectivity index (χ0) is 33.5. The second-order valence-electron chi connectivity index (χ2n) is 12.0. The van der Waals surface area contributed by atoms with Gasteiger partial charge in [0.2, 0.25) is 0 Å². The highest BCUT2D eigenvalue weighted by molar-refractivity contribution is 5.91. The Morgan fingerprint density at radius 2 is 1.19 bits per heavy atom. The number of rotatable bonds is 24. The molecule has 0 atom stereocenters. The second kappa shape index (κ2) is 22.5. The Bertz CT molecular complexity index is 1340.